The minimum Gasteiger partial charge on any atom is -0.465 e. The molecule has 1 saturated carbocycles. The van der Waals surface area contributed by atoms with E-state index in [4.69, 9.17) is 4.74 Å². The number of hydrogen-bond acceptors (Lipinski definition) is 4. The van der Waals surface area contributed by atoms with E-state index in [1.165, 1.54) is 7.11 Å². The summed E-state index contributed by atoms with van der Waals surface area (Å²) in [5.41, 5.74) is -2.41. The van der Waals surface area contributed by atoms with Crippen molar-refractivity contribution >= 4 is 5.97 Å². The van der Waals surface area contributed by atoms with E-state index in [9.17, 15) is 28.2 Å². The number of hydrogen-bond donors (Lipinski definition) is 2. The van der Waals surface area contributed by atoms with Gasteiger partial charge in [0.2, 0.25) is 0 Å². The van der Waals surface area contributed by atoms with Crippen molar-refractivity contribution < 1.29 is 32.9 Å². The van der Waals surface area contributed by atoms with Gasteiger partial charge in [0.15, 0.2) is 5.60 Å². The second kappa shape index (κ2) is 7.59. The minimum atomic E-state index is -4.74. The maximum absolute atomic E-state index is 13.7. The van der Waals surface area contributed by atoms with Crippen LogP contribution in [0.15, 0.2) is 48.5 Å². The highest BCUT2D eigenvalue weighted by Gasteiger charge is 2.63. The average molecular weight is 448 g/mol. The lowest BCUT2D eigenvalue weighted by Crippen LogP contribution is -2.58. The number of benzene rings is 2. The van der Waals surface area contributed by atoms with Gasteiger partial charge in [-0.1, -0.05) is 36.4 Å². The Labute approximate surface area is 185 Å². The van der Waals surface area contributed by atoms with E-state index >= 15 is 0 Å². The molecule has 0 aliphatic heterocycles. The van der Waals surface area contributed by atoms with Crippen molar-refractivity contribution in [2.75, 3.05) is 7.11 Å². The molecule has 2 aromatic carbocycles. The molecule has 0 radical (unpaired) electrons. The lowest BCUT2D eigenvalue weighted by molar-refractivity contribution is -0.281. The Morgan fingerprint density at radius 2 is 1.75 bits per heavy atom. The van der Waals surface area contributed by atoms with Gasteiger partial charge in [-0.15, -0.1) is 0 Å². The molecular weight excluding hydrogens is 421 g/mol. The standard InChI is InChI=1S/C25H27F3O4/c1-22(30)14-18-15-24(31,25(26,27)28)11-10-23(18,13-16-6-4-3-5-7-16)19-9-8-17(12-20(19)22)21(29)32-2/h3-9,12,18,30-31H,10-11,13-15H2,1-2H3. The zero-order chi connectivity index (χ0) is 23.4. The van der Waals surface area contributed by atoms with E-state index < -0.39 is 47.5 Å². The molecule has 2 N–H and O–H groups in total. The smallest absolute Gasteiger partial charge is 0.417 e. The Morgan fingerprint density at radius 3 is 2.38 bits per heavy atom. The fourth-order valence-electron chi connectivity index (χ4n) is 5.77. The predicted octanol–water partition coefficient (Wildman–Crippen LogP) is 4.66. The second-order valence-corrected chi connectivity index (χ2v) is 9.48. The fourth-order valence-corrected chi connectivity index (χ4v) is 5.77. The third kappa shape index (κ3) is 3.61. The summed E-state index contributed by atoms with van der Waals surface area (Å²) in [6.07, 6.45) is -4.99. The summed E-state index contributed by atoms with van der Waals surface area (Å²) < 4.78 is 46.0. The van der Waals surface area contributed by atoms with E-state index in [0.717, 1.165) is 11.1 Å². The normalized spacial score (nSPS) is 32.0. The van der Waals surface area contributed by atoms with Crippen LogP contribution in [0.2, 0.25) is 0 Å². The molecule has 2 aromatic rings. The summed E-state index contributed by atoms with van der Waals surface area (Å²) in [7, 11) is 1.27. The average Bonchev–Trinajstić information content (AvgIpc) is 2.74. The summed E-state index contributed by atoms with van der Waals surface area (Å²) in [5.74, 6) is -1.15. The number of rotatable bonds is 3. The van der Waals surface area contributed by atoms with Gasteiger partial charge in [0, 0.05) is 5.41 Å². The van der Waals surface area contributed by atoms with Crippen LogP contribution in [0, 0.1) is 5.92 Å². The molecule has 0 aromatic heterocycles. The molecule has 4 rings (SSSR count). The zero-order valence-electron chi connectivity index (χ0n) is 18.1. The predicted molar refractivity (Wildman–Crippen MR) is 112 cm³/mol. The van der Waals surface area contributed by atoms with E-state index in [0.29, 0.717) is 12.0 Å². The van der Waals surface area contributed by atoms with Crippen molar-refractivity contribution in [3.63, 3.8) is 0 Å². The molecule has 172 valence electrons. The molecule has 0 amide bonds. The molecule has 0 spiro atoms. The molecule has 0 saturated heterocycles. The van der Waals surface area contributed by atoms with Crippen molar-refractivity contribution in [3.05, 3.63) is 70.8 Å². The van der Waals surface area contributed by atoms with Crippen molar-refractivity contribution in [1.29, 1.82) is 0 Å². The molecule has 1 fully saturated rings. The van der Waals surface area contributed by atoms with Gasteiger partial charge in [0.25, 0.3) is 0 Å². The third-order valence-corrected chi connectivity index (χ3v) is 7.44. The van der Waals surface area contributed by atoms with Crippen LogP contribution in [0.3, 0.4) is 0 Å². The number of alkyl halides is 3. The topological polar surface area (TPSA) is 66.8 Å². The van der Waals surface area contributed by atoms with Gasteiger partial charge in [-0.05, 0) is 73.8 Å². The van der Waals surface area contributed by atoms with Crippen molar-refractivity contribution in [3.8, 4) is 0 Å². The summed E-state index contributed by atoms with van der Waals surface area (Å²) in [6, 6.07) is 14.5. The number of methoxy groups -OCH3 is 1. The molecular formula is C25H27F3O4. The molecule has 2 aliphatic rings. The highest BCUT2D eigenvalue weighted by atomic mass is 19.4. The van der Waals surface area contributed by atoms with Crippen LogP contribution >= 0.6 is 0 Å². The van der Waals surface area contributed by atoms with Gasteiger partial charge in [0.05, 0.1) is 18.3 Å². The first-order valence-corrected chi connectivity index (χ1v) is 10.7. The Kier molecular flexibility index (Phi) is 5.41. The Bertz CT molecular complexity index is 1020. The van der Waals surface area contributed by atoms with E-state index in [1.807, 2.05) is 30.3 Å². The van der Waals surface area contributed by atoms with Crippen molar-refractivity contribution in [1.82, 2.24) is 0 Å². The largest absolute Gasteiger partial charge is 0.465 e. The molecule has 4 unspecified atom stereocenters. The summed E-state index contributed by atoms with van der Waals surface area (Å²) in [4.78, 5) is 12.1. The SMILES string of the molecule is COC(=O)c1ccc2c(c1)C(C)(O)CC1CC(O)(C(F)(F)F)CCC21Cc1ccccc1. The van der Waals surface area contributed by atoms with E-state index in [2.05, 4.69) is 0 Å². The highest BCUT2D eigenvalue weighted by Crippen LogP contribution is 2.60. The minimum absolute atomic E-state index is 0.0514. The monoisotopic (exact) mass is 448 g/mol. The van der Waals surface area contributed by atoms with Gasteiger partial charge in [-0.2, -0.15) is 13.2 Å². The number of carbonyl (C=O) groups excluding carboxylic acids is 1. The second-order valence-electron chi connectivity index (χ2n) is 9.48. The maximum atomic E-state index is 13.7. The number of ether oxygens (including phenoxy) is 1. The first-order chi connectivity index (χ1) is 14.9. The van der Waals surface area contributed by atoms with Crippen LogP contribution in [0.25, 0.3) is 0 Å². The van der Waals surface area contributed by atoms with Gasteiger partial charge in [0.1, 0.15) is 0 Å². The molecule has 4 nitrogen and oxygen atoms in total. The van der Waals surface area contributed by atoms with Crippen LogP contribution in [-0.2, 0) is 22.2 Å². The van der Waals surface area contributed by atoms with Crippen LogP contribution in [0.4, 0.5) is 13.2 Å². The maximum Gasteiger partial charge on any atom is 0.417 e. The highest BCUT2D eigenvalue weighted by molar-refractivity contribution is 5.89. The number of halogens is 3. The molecule has 2 aliphatic carbocycles. The van der Waals surface area contributed by atoms with Gasteiger partial charge >= 0.3 is 12.1 Å². The summed E-state index contributed by atoms with van der Waals surface area (Å²) >= 11 is 0. The summed E-state index contributed by atoms with van der Waals surface area (Å²) in [6.45, 7) is 1.56. The zero-order valence-corrected chi connectivity index (χ0v) is 18.1. The fraction of sp³-hybridized carbons (Fsp3) is 0.480. The third-order valence-electron chi connectivity index (χ3n) is 7.44. The lowest BCUT2D eigenvalue weighted by atomic mass is 9.50. The molecule has 0 heterocycles. The van der Waals surface area contributed by atoms with Crippen molar-refractivity contribution in [2.24, 2.45) is 5.92 Å². The van der Waals surface area contributed by atoms with Crippen LogP contribution < -0.4 is 0 Å². The number of aliphatic hydroxyl groups is 2. The Hall–Kier alpha value is -2.38. The Morgan fingerprint density at radius 1 is 1.06 bits per heavy atom. The molecule has 4 atom stereocenters. The first kappa shape index (κ1) is 22.8. The number of fused-ring (bicyclic) bond motifs is 3. The van der Waals surface area contributed by atoms with Gasteiger partial charge < -0.3 is 14.9 Å². The van der Waals surface area contributed by atoms with Gasteiger partial charge in [-0.3, -0.25) is 0 Å². The Balaban J connectivity index is 1.88. The summed E-state index contributed by atoms with van der Waals surface area (Å²) in [5, 5.41) is 21.8. The van der Waals surface area contributed by atoms with Crippen LogP contribution in [0.5, 0.6) is 0 Å². The molecule has 0 bridgehead atoms. The van der Waals surface area contributed by atoms with E-state index in [-0.39, 0.29) is 18.4 Å². The van der Waals surface area contributed by atoms with Gasteiger partial charge in [-0.25, -0.2) is 4.79 Å². The first-order valence-electron chi connectivity index (χ1n) is 10.7. The van der Waals surface area contributed by atoms with E-state index in [1.54, 1.807) is 25.1 Å². The van der Waals surface area contributed by atoms with Crippen LogP contribution in [0.1, 0.15) is 59.7 Å². The molecule has 7 heteroatoms. The molecule has 32 heavy (non-hydrogen) atoms. The quantitative estimate of drug-likeness (QED) is 0.671. The van der Waals surface area contributed by atoms with Crippen molar-refractivity contribution in [2.45, 2.75) is 61.8 Å². The number of esters is 1. The number of carbonyl (C=O) groups is 1. The lowest BCUT2D eigenvalue weighted by Gasteiger charge is -2.56. The van der Waals surface area contributed by atoms with Crippen LogP contribution in [-0.4, -0.2) is 35.1 Å².